The van der Waals surface area contributed by atoms with Crippen LogP contribution in [0.25, 0.3) is 0 Å². The van der Waals surface area contributed by atoms with Crippen LogP contribution in [-0.2, 0) is 6.42 Å². The van der Waals surface area contributed by atoms with E-state index in [1.165, 1.54) is 0 Å². The molecule has 0 bridgehead atoms. The molecule has 1 aromatic carbocycles. The van der Waals surface area contributed by atoms with Crippen molar-refractivity contribution in [1.29, 1.82) is 0 Å². The Kier molecular flexibility index (Phi) is 3.35. The zero-order chi connectivity index (χ0) is 8.97. The van der Waals surface area contributed by atoms with Crippen molar-refractivity contribution in [2.24, 2.45) is 0 Å². The molecule has 1 rings (SSSR count). The largest absolute Gasteiger partial charge is 0.508 e. The normalized spacial score (nSPS) is 9.75. The number of phenols is 1. The van der Waals surface area contributed by atoms with Gasteiger partial charge in [-0.05, 0) is 36.6 Å². The average molecular weight is 227 g/mol. The van der Waals surface area contributed by atoms with Gasteiger partial charge in [-0.1, -0.05) is 22.0 Å². The van der Waals surface area contributed by atoms with Crippen molar-refractivity contribution < 1.29 is 5.11 Å². The van der Waals surface area contributed by atoms with Gasteiger partial charge in [-0.2, -0.15) is 0 Å². The first kappa shape index (κ1) is 9.33. The van der Waals surface area contributed by atoms with Gasteiger partial charge in [-0.3, -0.25) is 0 Å². The predicted molar refractivity (Wildman–Crippen MR) is 54.3 cm³/mol. The van der Waals surface area contributed by atoms with Crippen molar-refractivity contribution >= 4 is 15.9 Å². The number of rotatable bonds is 3. The minimum absolute atomic E-state index is 0.361. The summed E-state index contributed by atoms with van der Waals surface area (Å²) >= 11 is 3.35. The monoisotopic (exact) mass is 226 g/mol. The van der Waals surface area contributed by atoms with E-state index in [2.05, 4.69) is 22.5 Å². The molecule has 1 aromatic rings. The van der Waals surface area contributed by atoms with E-state index in [4.69, 9.17) is 0 Å². The predicted octanol–water partition coefficient (Wildman–Crippen LogP) is 3.27. The number of aromatic hydroxyl groups is 1. The van der Waals surface area contributed by atoms with Crippen LogP contribution in [0.15, 0.2) is 35.3 Å². The van der Waals surface area contributed by atoms with Crippen LogP contribution in [0.2, 0.25) is 0 Å². The Morgan fingerprint density at radius 2 is 2.25 bits per heavy atom. The smallest absolute Gasteiger partial charge is 0.118 e. The first-order valence-corrected chi connectivity index (χ1v) is 4.61. The molecule has 0 saturated carbocycles. The highest BCUT2D eigenvalue weighted by Gasteiger charge is 1.99. The Labute approximate surface area is 80.9 Å². The van der Waals surface area contributed by atoms with Crippen LogP contribution in [0.3, 0.4) is 0 Å². The summed E-state index contributed by atoms with van der Waals surface area (Å²) in [5.74, 6) is 0.361. The molecule has 0 saturated heterocycles. The van der Waals surface area contributed by atoms with Gasteiger partial charge in [0.1, 0.15) is 5.75 Å². The second-order valence-electron chi connectivity index (χ2n) is 2.60. The number of hydrogen-bond acceptors (Lipinski definition) is 1. The quantitative estimate of drug-likeness (QED) is 0.785. The summed E-state index contributed by atoms with van der Waals surface area (Å²) in [7, 11) is 0. The number of aryl methyl sites for hydroxylation is 1. The number of halogens is 1. The van der Waals surface area contributed by atoms with E-state index >= 15 is 0 Å². The van der Waals surface area contributed by atoms with Gasteiger partial charge in [-0.15, -0.1) is 6.58 Å². The molecule has 0 aliphatic carbocycles. The van der Waals surface area contributed by atoms with E-state index in [0.717, 1.165) is 22.9 Å². The Hall–Kier alpha value is -0.760. The lowest BCUT2D eigenvalue weighted by Crippen LogP contribution is -1.84. The molecule has 0 aliphatic rings. The molecule has 12 heavy (non-hydrogen) atoms. The van der Waals surface area contributed by atoms with Gasteiger partial charge in [0, 0.05) is 4.47 Å². The number of phenolic OH excluding ortho intramolecular Hbond substituents is 1. The lowest BCUT2D eigenvalue weighted by Gasteiger charge is -2.02. The molecule has 64 valence electrons. The van der Waals surface area contributed by atoms with Gasteiger partial charge in [0.15, 0.2) is 0 Å². The van der Waals surface area contributed by atoms with Crippen molar-refractivity contribution in [2.45, 2.75) is 12.8 Å². The summed E-state index contributed by atoms with van der Waals surface area (Å²) in [6.45, 7) is 3.63. The highest BCUT2D eigenvalue weighted by atomic mass is 79.9. The van der Waals surface area contributed by atoms with Crippen molar-refractivity contribution in [3.05, 3.63) is 40.9 Å². The van der Waals surface area contributed by atoms with Crippen molar-refractivity contribution in [2.75, 3.05) is 0 Å². The summed E-state index contributed by atoms with van der Waals surface area (Å²) in [6.07, 6.45) is 3.58. The van der Waals surface area contributed by atoms with Crippen molar-refractivity contribution in [1.82, 2.24) is 0 Å². The molecule has 1 N–H and O–H groups in total. The summed E-state index contributed by atoms with van der Waals surface area (Å²) in [5.41, 5.74) is 0.962. The molecule has 2 heteroatoms. The summed E-state index contributed by atoms with van der Waals surface area (Å²) in [4.78, 5) is 0. The molecule has 0 radical (unpaired) electrons. The third-order valence-corrected chi connectivity index (χ3v) is 2.15. The zero-order valence-electron chi connectivity index (χ0n) is 6.76. The number of benzene rings is 1. The third kappa shape index (κ3) is 2.38. The Balaban J connectivity index is 2.82. The SMILES string of the molecule is C=CCCc1cc(Br)ccc1O. The second-order valence-corrected chi connectivity index (χ2v) is 3.52. The van der Waals surface area contributed by atoms with Crippen molar-refractivity contribution in [3.63, 3.8) is 0 Å². The lowest BCUT2D eigenvalue weighted by molar-refractivity contribution is 0.468. The maximum absolute atomic E-state index is 9.41. The second kappa shape index (κ2) is 4.31. The molecule has 0 aliphatic heterocycles. The van der Waals surface area contributed by atoms with Gasteiger partial charge >= 0.3 is 0 Å². The maximum Gasteiger partial charge on any atom is 0.118 e. The minimum atomic E-state index is 0.361. The third-order valence-electron chi connectivity index (χ3n) is 1.66. The molecule has 0 atom stereocenters. The van der Waals surface area contributed by atoms with E-state index in [-0.39, 0.29) is 0 Å². The maximum atomic E-state index is 9.41. The topological polar surface area (TPSA) is 20.2 Å². The van der Waals surface area contributed by atoms with E-state index < -0.39 is 0 Å². The van der Waals surface area contributed by atoms with E-state index in [0.29, 0.717) is 5.75 Å². The molecule has 0 fully saturated rings. The average Bonchev–Trinajstić information content (AvgIpc) is 2.07. The molecular formula is C10H11BrO. The highest BCUT2D eigenvalue weighted by Crippen LogP contribution is 2.22. The summed E-state index contributed by atoms with van der Waals surface area (Å²) in [6, 6.07) is 5.45. The van der Waals surface area contributed by atoms with Gasteiger partial charge < -0.3 is 5.11 Å². The van der Waals surface area contributed by atoms with Crippen LogP contribution < -0.4 is 0 Å². The number of allylic oxidation sites excluding steroid dienone is 1. The first-order chi connectivity index (χ1) is 5.74. The van der Waals surface area contributed by atoms with Crippen LogP contribution in [0.5, 0.6) is 5.75 Å². The molecule has 0 unspecified atom stereocenters. The van der Waals surface area contributed by atoms with Crippen LogP contribution in [0.1, 0.15) is 12.0 Å². The fourth-order valence-electron chi connectivity index (χ4n) is 1.01. The van der Waals surface area contributed by atoms with Crippen molar-refractivity contribution in [3.8, 4) is 5.75 Å². The van der Waals surface area contributed by atoms with Crippen LogP contribution in [0, 0.1) is 0 Å². The molecule has 0 aromatic heterocycles. The Morgan fingerprint density at radius 3 is 2.92 bits per heavy atom. The fraction of sp³-hybridized carbons (Fsp3) is 0.200. The lowest BCUT2D eigenvalue weighted by atomic mass is 10.1. The minimum Gasteiger partial charge on any atom is -0.508 e. The zero-order valence-corrected chi connectivity index (χ0v) is 8.34. The molecule has 0 amide bonds. The summed E-state index contributed by atoms with van der Waals surface area (Å²) in [5, 5.41) is 9.41. The van der Waals surface area contributed by atoms with Crippen LogP contribution in [-0.4, -0.2) is 5.11 Å². The highest BCUT2D eigenvalue weighted by molar-refractivity contribution is 9.10. The molecule has 0 heterocycles. The van der Waals surface area contributed by atoms with E-state index in [1.807, 2.05) is 18.2 Å². The summed E-state index contributed by atoms with van der Waals surface area (Å²) < 4.78 is 0.999. The first-order valence-electron chi connectivity index (χ1n) is 3.82. The molecule has 1 nitrogen and oxygen atoms in total. The molecule has 0 spiro atoms. The van der Waals surface area contributed by atoms with Crippen LogP contribution >= 0.6 is 15.9 Å². The van der Waals surface area contributed by atoms with Gasteiger partial charge in [0.25, 0.3) is 0 Å². The van der Waals surface area contributed by atoms with E-state index in [9.17, 15) is 5.11 Å². The number of hydrogen-bond donors (Lipinski definition) is 1. The van der Waals surface area contributed by atoms with Crippen LogP contribution in [0.4, 0.5) is 0 Å². The van der Waals surface area contributed by atoms with Gasteiger partial charge in [-0.25, -0.2) is 0 Å². The van der Waals surface area contributed by atoms with Gasteiger partial charge in [0.05, 0.1) is 0 Å². The van der Waals surface area contributed by atoms with Gasteiger partial charge in [0.2, 0.25) is 0 Å². The van der Waals surface area contributed by atoms with E-state index in [1.54, 1.807) is 6.07 Å². The Bertz CT molecular complexity index is 281. The molecular weight excluding hydrogens is 216 g/mol. The standard InChI is InChI=1S/C10H11BrO/c1-2-3-4-8-7-9(11)5-6-10(8)12/h2,5-7,12H,1,3-4H2. The Morgan fingerprint density at radius 1 is 1.50 bits per heavy atom. The fourth-order valence-corrected chi connectivity index (χ4v) is 1.42.